The summed E-state index contributed by atoms with van der Waals surface area (Å²) in [4.78, 5) is 3.87. The molecule has 0 saturated heterocycles. The molecule has 106 valence electrons. The molecule has 0 fully saturated rings. The fourth-order valence-electron chi connectivity index (χ4n) is 1.69. The lowest BCUT2D eigenvalue weighted by atomic mass is 10.1. The molecule has 1 aromatic heterocycles. The van der Waals surface area contributed by atoms with E-state index in [0.717, 1.165) is 0 Å². The highest BCUT2D eigenvalue weighted by molar-refractivity contribution is 5.97. The van der Waals surface area contributed by atoms with Crippen molar-refractivity contribution in [3.8, 4) is 0 Å². The lowest BCUT2D eigenvalue weighted by Crippen LogP contribution is -2.20. The molecule has 0 bridgehead atoms. The first kappa shape index (κ1) is 13.9. The Bertz CT molecular complexity index is 586. The maximum atomic E-state index is 14.1. The van der Waals surface area contributed by atoms with E-state index in [1.807, 2.05) is 0 Å². The maximum Gasteiger partial charge on any atom is 0.227 e. The van der Waals surface area contributed by atoms with E-state index >= 15 is 0 Å². The number of amidine groups is 1. The molecule has 0 spiro atoms. The summed E-state index contributed by atoms with van der Waals surface area (Å²) in [5.41, 5.74) is 5.90. The van der Waals surface area contributed by atoms with Gasteiger partial charge in [-0.2, -0.15) is 4.98 Å². The van der Waals surface area contributed by atoms with Gasteiger partial charge in [0.1, 0.15) is 5.82 Å². The first-order valence-corrected chi connectivity index (χ1v) is 5.94. The van der Waals surface area contributed by atoms with Gasteiger partial charge in [-0.25, -0.2) is 4.39 Å². The van der Waals surface area contributed by atoms with Gasteiger partial charge in [0.05, 0.1) is 5.56 Å². The zero-order chi connectivity index (χ0) is 14.4. The lowest BCUT2D eigenvalue weighted by Gasteiger charge is -2.08. The number of hydrogen-bond donors (Lipinski definition) is 3. The first-order valence-electron chi connectivity index (χ1n) is 5.94. The van der Waals surface area contributed by atoms with Gasteiger partial charge >= 0.3 is 0 Å². The molecule has 2 aromatic rings. The molecule has 0 saturated carbocycles. The number of benzene rings is 1. The molecule has 0 unspecified atom stereocenters. The van der Waals surface area contributed by atoms with Crippen LogP contribution < -0.4 is 11.1 Å². The van der Waals surface area contributed by atoms with Gasteiger partial charge < -0.3 is 20.8 Å². The maximum absolute atomic E-state index is 14.1. The van der Waals surface area contributed by atoms with E-state index in [1.54, 1.807) is 12.1 Å². The van der Waals surface area contributed by atoms with Gasteiger partial charge in [-0.3, -0.25) is 0 Å². The predicted molar refractivity (Wildman–Crippen MR) is 68.6 cm³/mol. The highest BCUT2D eigenvalue weighted by Crippen LogP contribution is 2.12. The van der Waals surface area contributed by atoms with Crippen LogP contribution in [0.4, 0.5) is 4.39 Å². The van der Waals surface area contributed by atoms with Crippen LogP contribution in [-0.2, 0) is 13.0 Å². The number of nitrogens with zero attached hydrogens (tertiary/aromatic N) is 3. The first-order chi connectivity index (χ1) is 9.72. The molecule has 1 heterocycles. The third-order valence-corrected chi connectivity index (χ3v) is 2.70. The van der Waals surface area contributed by atoms with Crippen molar-refractivity contribution in [1.29, 1.82) is 0 Å². The second kappa shape index (κ2) is 6.62. The molecular weight excluding hydrogens is 265 g/mol. The summed E-state index contributed by atoms with van der Waals surface area (Å²) in [7, 11) is 0. The highest BCUT2D eigenvalue weighted by Gasteiger charge is 2.11. The van der Waals surface area contributed by atoms with Gasteiger partial charge in [-0.05, 0) is 6.07 Å². The molecule has 2 rings (SSSR count). The van der Waals surface area contributed by atoms with Crippen LogP contribution in [0, 0.1) is 5.82 Å². The van der Waals surface area contributed by atoms with Crippen LogP contribution >= 0.6 is 0 Å². The van der Waals surface area contributed by atoms with Crippen LogP contribution in [0.3, 0.4) is 0 Å². The van der Waals surface area contributed by atoms with E-state index in [0.29, 0.717) is 31.0 Å². The van der Waals surface area contributed by atoms with Gasteiger partial charge in [0.25, 0.3) is 0 Å². The Hall–Kier alpha value is -2.48. The standard InChI is InChI=1S/C12H14FN5O2/c13-11-8(2-1-3-9(11)12(14)18-19)6-15-5-4-10-16-7-17-20-10/h1-3,7,15,19H,4-6H2,(H2,14,18). The summed E-state index contributed by atoms with van der Waals surface area (Å²) in [5, 5.41) is 17.9. The third-order valence-electron chi connectivity index (χ3n) is 2.70. The van der Waals surface area contributed by atoms with Crippen LogP contribution in [-0.4, -0.2) is 27.7 Å². The van der Waals surface area contributed by atoms with Crippen molar-refractivity contribution < 1.29 is 14.1 Å². The van der Waals surface area contributed by atoms with Crippen LogP contribution in [0.5, 0.6) is 0 Å². The largest absolute Gasteiger partial charge is 0.409 e. The number of hydrogen-bond acceptors (Lipinski definition) is 6. The zero-order valence-corrected chi connectivity index (χ0v) is 10.6. The molecule has 20 heavy (non-hydrogen) atoms. The summed E-state index contributed by atoms with van der Waals surface area (Å²) in [6.45, 7) is 0.877. The van der Waals surface area contributed by atoms with Gasteiger partial charge in [0.15, 0.2) is 12.2 Å². The molecule has 0 aliphatic carbocycles. The Kier molecular flexibility index (Phi) is 4.61. The zero-order valence-electron chi connectivity index (χ0n) is 10.6. The van der Waals surface area contributed by atoms with E-state index in [2.05, 4.69) is 20.6 Å². The number of aromatic nitrogens is 2. The summed E-state index contributed by atoms with van der Waals surface area (Å²) in [6.07, 6.45) is 1.89. The van der Waals surface area contributed by atoms with Crippen molar-refractivity contribution in [2.24, 2.45) is 10.9 Å². The van der Waals surface area contributed by atoms with Crippen molar-refractivity contribution in [3.63, 3.8) is 0 Å². The molecule has 7 nitrogen and oxygen atoms in total. The quantitative estimate of drug-likeness (QED) is 0.235. The highest BCUT2D eigenvalue weighted by atomic mass is 19.1. The van der Waals surface area contributed by atoms with E-state index in [1.165, 1.54) is 12.4 Å². The lowest BCUT2D eigenvalue weighted by molar-refractivity contribution is 0.318. The molecule has 0 aliphatic heterocycles. The number of halogens is 1. The summed E-state index contributed by atoms with van der Waals surface area (Å²) in [5.74, 6) is -0.244. The van der Waals surface area contributed by atoms with Crippen molar-refractivity contribution in [2.45, 2.75) is 13.0 Å². The minimum absolute atomic E-state index is 0.0729. The van der Waals surface area contributed by atoms with E-state index < -0.39 is 5.82 Å². The average molecular weight is 279 g/mol. The summed E-state index contributed by atoms with van der Waals surface area (Å²) < 4.78 is 18.9. The van der Waals surface area contributed by atoms with Gasteiger partial charge in [0, 0.05) is 25.1 Å². The molecule has 0 atom stereocenters. The Morgan fingerprint density at radius 3 is 3.05 bits per heavy atom. The van der Waals surface area contributed by atoms with Gasteiger partial charge in [-0.15, -0.1) is 0 Å². The van der Waals surface area contributed by atoms with E-state index in [9.17, 15) is 4.39 Å². The number of nitrogens with one attached hydrogen (secondary N) is 1. The smallest absolute Gasteiger partial charge is 0.227 e. The van der Waals surface area contributed by atoms with Crippen LogP contribution in [0.15, 0.2) is 34.2 Å². The third kappa shape index (κ3) is 3.29. The SMILES string of the molecule is N/C(=N/O)c1cccc(CNCCc2ncno2)c1F. The normalized spacial score (nSPS) is 11.8. The van der Waals surface area contributed by atoms with Crippen molar-refractivity contribution in [2.75, 3.05) is 6.54 Å². The molecule has 1 aromatic carbocycles. The van der Waals surface area contributed by atoms with Crippen molar-refractivity contribution in [1.82, 2.24) is 15.5 Å². The fourth-order valence-corrected chi connectivity index (χ4v) is 1.69. The Labute approximate surface area is 114 Å². The molecule has 4 N–H and O–H groups in total. The van der Waals surface area contributed by atoms with E-state index in [4.69, 9.17) is 15.5 Å². The van der Waals surface area contributed by atoms with Crippen LogP contribution in [0.2, 0.25) is 0 Å². The fraction of sp³-hybridized carbons (Fsp3) is 0.250. The predicted octanol–water partition coefficient (Wildman–Crippen LogP) is 0.635. The minimum atomic E-state index is -0.506. The van der Waals surface area contributed by atoms with Gasteiger partial charge in [0.2, 0.25) is 5.89 Å². The van der Waals surface area contributed by atoms with Gasteiger partial charge in [-0.1, -0.05) is 22.4 Å². The second-order valence-electron chi connectivity index (χ2n) is 4.03. The summed E-state index contributed by atoms with van der Waals surface area (Å²) in [6, 6.07) is 4.72. The number of nitrogens with two attached hydrogens (primary N) is 1. The topological polar surface area (TPSA) is 110 Å². The molecule has 0 radical (unpaired) electrons. The Morgan fingerprint density at radius 2 is 2.35 bits per heavy atom. The van der Waals surface area contributed by atoms with E-state index in [-0.39, 0.29) is 11.4 Å². The molecule has 0 aliphatic rings. The molecular formula is C12H14FN5O2. The monoisotopic (exact) mass is 279 g/mol. The molecule has 0 amide bonds. The number of oxime groups is 1. The van der Waals surface area contributed by atoms with Crippen LogP contribution in [0.25, 0.3) is 0 Å². The average Bonchev–Trinajstić information content (AvgIpc) is 2.97. The second-order valence-corrected chi connectivity index (χ2v) is 4.03. The molecule has 8 heteroatoms. The van der Waals surface area contributed by atoms with Crippen LogP contribution in [0.1, 0.15) is 17.0 Å². The number of rotatable bonds is 6. The Morgan fingerprint density at radius 1 is 1.50 bits per heavy atom. The minimum Gasteiger partial charge on any atom is -0.409 e. The van der Waals surface area contributed by atoms with Crippen molar-refractivity contribution in [3.05, 3.63) is 47.4 Å². The van der Waals surface area contributed by atoms with Crippen molar-refractivity contribution >= 4 is 5.84 Å². The summed E-state index contributed by atoms with van der Waals surface area (Å²) >= 11 is 0. The Balaban J connectivity index is 1.93.